The Morgan fingerprint density at radius 1 is 1.50 bits per heavy atom. The maximum atomic E-state index is 11.0. The quantitative estimate of drug-likeness (QED) is 0.807. The molecule has 0 radical (unpaired) electrons. The molecule has 0 fully saturated rings. The van der Waals surface area contributed by atoms with Crippen molar-refractivity contribution in [3.63, 3.8) is 0 Å². The van der Waals surface area contributed by atoms with E-state index in [4.69, 9.17) is 0 Å². The molecule has 0 aliphatic rings. The van der Waals surface area contributed by atoms with E-state index in [1.54, 1.807) is 6.26 Å². The van der Waals surface area contributed by atoms with Crippen molar-refractivity contribution in [1.29, 1.82) is 0 Å². The lowest BCUT2D eigenvalue weighted by Gasteiger charge is -2.12. The smallest absolute Gasteiger partial charge is 0.284 e. The molecule has 0 unspecified atom stereocenters. The average molecular weight is 231 g/mol. The maximum absolute atomic E-state index is 11.0. The minimum atomic E-state index is -0.110. The molecule has 14 heavy (non-hydrogen) atoms. The normalized spacial score (nSPS) is 11.4. The summed E-state index contributed by atoms with van der Waals surface area (Å²) in [6, 6.07) is 0. The largest absolute Gasteiger partial charge is 0.291 e. The molecular formula is C8H13N3OS2. The number of nitrogens with zero attached hydrogens (tertiary/aromatic N) is 2. The van der Waals surface area contributed by atoms with Crippen molar-refractivity contribution in [3.05, 3.63) is 5.82 Å². The Kier molecular flexibility index (Phi) is 3.49. The van der Waals surface area contributed by atoms with Gasteiger partial charge in [-0.1, -0.05) is 32.5 Å². The fourth-order valence-corrected chi connectivity index (χ4v) is 1.73. The van der Waals surface area contributed by atoms with Gasteiger partial charge in [0.25, 0.3) is 5.24 Å². The average Bonchev–Trinajstić information content (AvgIpc) is 2.51. The predicted molar refractivity (Wildman–Crippen MR) is 61.1 cm³/mol. The van der Waals surface area contributed by atoms with E-state index >= 15 is 0 Å². The van der Waals surface area contributed by atoms with Gasteiger partial charge in [-0.2, -0.15) is 4.37 Å². The first-order chi connectivity index (χ1) is 6.43. The van der Waals surface area contributed by atoms with Crippen molar-refractivity contribution >= 4 is 33.7 Å². The number of hydrogen-bond acceptors (Lipinski definition) is 5. The molecule has 78 valence electrons. The second-order valence-corrected chi connectivity index (χ2v) is 5.32. The standard InChI is InChI=1S/C8H13N3OS2/c1-8(2,3)5-9-6(14-11-5)10-7(12)13-4/h1-4H3,(H,9,10,11,12). The summed E-state index contributed by atoms with van der Waals surface area (Å²) in [5.41, 5.74) is -0.0706. The van der Waals surface area contributed by atoms with Crippen molar-refractivity contribution < 1.29 is 4.79 Å². The summed E-state index contributed by atoms with van der Waals surface area (Å²) in [7, 11) is 0. The molecule has 1 amide bonds. The zero-order valence-electron chi connectivity index (χ0n) is 8.62. The summed E-state index contributed by atoms with van der Waals surface area (Å²) in [5, 5.41) is 3.11. The van der Waals surface area contributed by atoms with Crippen molar-refractivity contribution in [1.82, 2.24) is 9.36 Å². The lowest BCUT2D eigenvalue weighted by molar-refractivity contribution is 0.270. The number of aromatic nitrogens is 2. The molecule has 0 saturated carbocycles. The lowest BCUT2D eigenvalue weighted by atomic mass is 9.96. The Balaban J connectivity index is 2.74. The van der Waals surface area contributed by atoms with E-state index in [0.717, 1.165) is 17.6 Å². The van der Waals surface area contributed by atoms with Crippen LogP contribution in [0.3, 0.4) is 0 Å². The monoisotopic (exact) mass is 231 g/mol. The van der Waals surface area contributed by atoms with E-state index in [2.05, 4.69) is 14.7 Å². The Morgan fingerprint density at radius 2 is 2.14 bits per heavy atom. The predicted octanol–water partition coefficient (Wildman–Crippen LogP) is 2.73. The number of rotatable bonds is 1. The summed E-state index contributed by atoms with van der Waals surface area (Å²) in [4.78, 5) is 15.3. The van der Waals surface area contributed by atoms with Gasteiger partial charge in [0, 0.05) is 16.9 Å². The number of carbonyl (C=O) groups is 1. The van der Waals surface area contributed by atoms with Crippen LogP contribution in [0.5, 0.6) is 0 Å². The van der Waals surface area contributed by atoms with Crippen LogP contribution in [0, 0.1) is 0 Å². The summed E-state index contributed by atoms with van der Waals surface area (Å²) < 4.78 is 4.18. The van der Waals surface area contributed by atoms with Gasteiger partial charge in [0.05, 0.1) is 0 Å². The molecule has 1 heterocycles. The van der Waals surface area contributed by atoms with Crippen LogP contribution in [0.25, 0.3) is 0 Å². The number of carbonyl (C=O) groups excluding carboxylic acids is 1. The molecule has 1 N–H and O–H groups in total. The van der Waals surface area contributed by atoms with Crippen LogP contribution in [0.15, 0.2) is 0 Å². The molecule has 1 aromatic rings. The number of anilines is 1. The zero-order chi connectivity index (χ0) is 10.8. The van der Waals surface area contributed by atoms with Crippen molar-refractivity contribution in [3.8, 4) is 0 Å². The Bertz CT molecular complexity index is 330. The van der Waals surface area contributed by atoms with Gasteiger partial charge in [-0.05, 0) is 6.26 Å². The number of thioether (sulfide) groups is 1. The van der Waals surface area contributed by atoms with Gasteiger partial charge >= 0.3 is 0 Å². The van der Waals surface area contributed by atoms with E-state index in [1.165, 1.54) is 11.5 Å². The third-order valence-electron chi connectivity index (χ3n) is 1.49. The molecule has 0 saturated heterocycles. The summed E-state index contributed by atoms with van der Waals surface area (Å²) in [6.45, 7) is 6.11. The topological polar surface area (TPSA) is 54.9 Å². The van der Waals surface area contributed by atoms with Crippen LogP contribution >= 0.6 is 23.3 Å². The minimum absolute atomic E-state index is 0.0706. The van der Waals surface area contributed by atoms with Crippen LogP contribution < -0.4 is 5.32 Å². The Hall–Kier alpha value is -0.620. The summed E-state index contributed by atoms with van der Waals surface area (Å²) in [6.07, 6.45) is 1.72. The second-order valence-electron chi connectivity index (χ2n) is 3.79. The third-order valence-corrected chi connectivity index (χ3v) is 2.59. The highest BCUT2D eigenvalue weighted by atomic mass is 32.2. The molecule has 0 spiro atoms. The van der Waals surface area contributed by atoms with Crippen LogP contribution in [0.4, 0.5) is 9.93 Å². The van der Waals surface area contributed by atoms with Crippen molar-refractivity contribution in [2.24, 2.45) is 0 Å². The van der Waals surface area contributed by atoms with Gasteiger partial charge < -0.3 is 0 Å². The van der Waals surface area contributed by atoms with E-state index in [-0.39, 0.29) is 10.7 Å². The lowest BCUT2D eigenvalue weighted by Crippen LogP contribution is -2.13. The van der Waals surface area contributed by atoms with E-state index in [9.17, 15) is 4.79 Å². The summed E-state index contributed by atoms with van der Waals surface area (Å²) in [5.74, 6) is 0.763. The third kappa shape index (κ3) is 2.95. The second kappa shape index (κ2) is 4.27. The molecule has 6 heteroatoms. The summed E-state index contributed by atoms with van der Waals surface area (Å²) >= 11 is 2.34. The van der Waals surface area contributed by atoms with Crippen LogP contribution in [0.1, 0.15) is 26.6 Å². The van der Waals surface area contributed by atoms with Gasteiger partial charge in [0.15, 0.2) is 0 Å². The van der Waals surface area contributed by atoms with Gasteiger partial charge in [0.2, 0.25) is 5.13 Å². The Morgan fingerprint density at radius 3 is 2.57 bits per heavy atom. The number of nitrogens with one attached hydrogen (secondary N) is 1. The van der Waals surface area contributed by atoms with Crippen molar-refractivity contribution in [2.75, 3.05) is 11.6 Å². The fourth-order valence-electron chi connectivity index (χ4n) is 0.717. The number of hydrogen-bond donors (Lipinski definition) is 1. The van der Waals surface area contributed by atoms with E-state index in [1.807, 2.05) is 20.8 Å². The van der Waals surface area contributed by atoms with Crippen molar-refractivity contribution in [2.45, 2.75) is 26.2 Å². The highest BCUT2D eigenvalue weighted by molar-refractivity contribution is 8.13. The molecule has 1 rings (SSSR count). The first-order valence-electron chi connectivity index (χ1n) is 4.12. The molecule has 0 aliphatic heterocycles. The molecule has 0 aliphatic carbocycles. The molecule has 0 atom stereocenters. The zero-order valence-corrected chi connectivity index (χ0v) is 10.3. The first-order valence-corrected chi connectivity index (χ1v) is 6.12. The molecular weight excluding hydrogens is 218 g/mol. The van der Waals surface area contributed by atoms with Gasteiger partial charge in [-0.25, -0.2) is 4.98 Å². The Labute approximate surface area is 91.7 Å². The molecule has 4 nitrogen and oxygen atoms in total. The van der Waals surface area contributed by atoms with Gasteiger partial charge in [0.1, 0.15) is 5.82 Å². The number of amides is 1. The molecule has 0 aromatic carbocycles. The molecule has 1 aromatic heterocycles. The minimum Gasteiger partial charge on any atom is -0.291 e. The highest BCUT2D eigenvalue weighted by Gasteiger charge is 2.19. The van der Waals surface area contributed by atoms with E-state index in [0.29, 0.717) is 5.13 Å². The molecule has 0 bridgehead atoms. The maximum Gasteiger partial charge on any atom is 0.284 e. The van der Waals surface area contributed by atoms with Gasteiger partial charge in [-0.15, -0.1) is 0 Å². The van der Waals surface area contributed by atoms with E-state index < -0.39 is 0 Å². The highest BCUT2D eigenvalue weighted by Crippen LogP contribution is 2.23. The fraction of sp³-hybridized carbons (Fsp3) is 0.625. The van der Waals surface area contributed by atoms with Crippen LogP contribution in [-0.4, -0.2) is 20.9 Å². The SMILES string of the molecule is CSC(=O)Nc1nc(C(C)(C)C)ns1. The van der Waals surface area contributed by atoms with Crippen LogP contribution in [0.2, 0.25) is 0 Å². The van der Waals surface area contributed by atoms with Gasteiger partial charge in [-0.3, -0.25) is 10.1 Å². The van der Waals surface area contributed by atoms with Crippen LogP contribution in [-0.2, 0) is 5.41 Å². The first kappa shape index (κ1) is 11.5.